The molecule has 0 aliphatic carbocycles. The minimum Gasteiger partial charge on any atom is -0.748 e. The Kier molecular flexibility index (Phi) is 36.4. The van der Waals surface area contributed by atoms with E-state index in [1.807, 2.05) is 0 Å². The SMILES string of the molecule is CCCCCCCCCCCCCCCCCC[N+](C)(CCCS(=O)(=O)[O-])CC[N+](C)(CCCCCCCCCCCCCCCCCC)CCCS(=O)(=O)[O-]. The number of quaternary nitrogens is 2. The second-order valence-corrected chi connectivity index (χ2v) is 21.5. The molecule has 0 aromatic rings. The third-order valence-electron chi connectivity index (χ3n) is 12.5. The van der Waals surface area contributed by atoms with Crippen LogP contribution in [0.2, 0.25) is 0 Å². The van der Waals surface area contributed by atoms with E-state index in [4.69, 9.17) is 0 Å². The van der Waals surface area contributed by atoms with E-state index in [2.05, 4.69) is 27.9 Å². The van der Waals surface area contributed by atoms with E-state index in [1.165, 1.54) is 193 Å². The Labute approximate surface area is 350 Å². The average molecular weight is 837 g/mol. The van der Waals surface area contributed by atoms with Gasteiger partial charge in [0.05, 0.1) is 60.5 Å². The van der Waals surface area contributed by atoms with E-state index in [1.54, 1.807) is 0 Å². The van der Waals surface area contributed by atoms with Gasteiger partial charge in [-0.25, -0.2) is 16.8 Å². The predicted molar refractivity (Wildman–Crippen MR) is 239 cm³/mol. The van der Waals surface area contributed by atoms with Crippen molar-refractivity contribution in [3.05, 3.63) is 0 Å². The van der Waals surface area contributed by atoms with Crippen molar-refractivity contribution < 1.29 is 34.9 Å². The molecular weight excluding hydrogens is 741 g/mol. The molecule has 0 rings (SSSR count). The van der Waals surface area contributed by atoms with E-state index < -0.39 is 20.2 Å². The summed E-state index contributed by atoms with van der Waals surface area (Å²) in [5.74, 6) is -0.654. The van der Waals surface area contributed by atoms with Gasteiger partial charge in [-0.15, -0.1) is 0 Å². The number of hydrogen-bond acceptors (Lipinski definition) is 6. The van der Waals surface area contributed by atoms with Crippen molar-refractivity contribution in [2.24, 2.45) is 0 Å². The molecule has 0 heterocycles. The smallest absolute Gasteiger partial charge is 0.128 e. The first kappa shape index (κ1) is 55.7. The largest absolute Gasteiger partial charge is 0.748 e. The van der Waals surface area contributed by atoms with Crippen LogP contribution in [0.3, 0.4) is 0 Å². The fourth-order valence-electron chi connectivity index (χ4n) is 8.48. The van der Waals surface area contributed by atoms with E-state index >= 15 is 0 Å². The van der Waals surface area contributed by atoms with Crippen LogP contribution in [0.15, 0.2) is 0 Å². The number of rotatable bonds is 45. The maximum absolute atomic E-state index is 11.4. The summed E-state index contributed by atoms with van der Waals surface area (Å²) in [4.78, 5) is 0. The quantitative estimate of drug-likeness (QED) is 0.0343. The lowest BCUT2D eigenvalue weighted by Gasteiger charge is -2.40. The summed E-state index contributed by atoms with van der Waals surface area (Å²) < 4.78 is 70.1. The van der Waals surface area contributed by atoms with E-state index in [9.17, 15) is 25.9 Å². The molecule has 0 aromatic heterocycles. The zero-order chi connectivity index (χ0) is 41.7. The van der Waals surface area contributed by atoms with Crippen LogP contribution in [-0.2, 0) is 20.2 Å². The summed E-state index contributed by atoms with van der Waals surface area (Å²) in [7, 11) is -4.11. The zero-order valence-corrected chi connectivity index (χ0v) is 39.5. The average Bonchev–Trinajstić information content (AvgIpc) is 3.13. The van der Waals surface area contributed by atoms with Gasteiger partial charge in [0.25, 0.3) is 0 Å². The Morgan fingerprint density at radius 3 is 0.661 bits per heavy atom. The fraction of sp³-hybridized carbons (Fsp3) is 1.00. The molecule has 2 atom stereocenters. The lowest BCUT2D eigenvalue weighted by Crippen LogP contribution is -2.56. The number of unbranched alkanes of at least 4 members (excludes halogenated alkanes) is 30. The molecular formula is C46H96N2O6S2. The molecule has 338 valence electrons. The molecule has 0 fully saturated rings. The van der Waals surface area contributed by atoms with Crippen molar-refractivity contribution in [3.63, 3.8) is 0 Å². The lowest BCUT2D eigenvalue weighted by atomic mass is 10.0. The summed E-state index contributed by atoms with van der Waals surface area (Å²) in [5, 5.41) is 0. The fourth-order valence-corrected chi connectivity index (χ4v) is 9.45. The Balaban J connectivity index is 4.64. The van der Waals surface area contributed by atoms with Gasteiger partial charge in [-0.2, -0.15) is 0 Å². The maximum atomic E-state index is 11.4. The van der Waals surface area contributed by atoms with Crippen LogP contribution >= 0.6 is 0 Å². The van der Waals surface area contributed by atoms with Crippen LogP contribution in [0.25, 0.3) is 0 Å². The van der Waals surface area contributed by atoms with E-state index in [0.29, 0.717) is 25.9 Å². The second kappa shape index (κ2) is 36.6. The molecule has 0 saturated heterocycles. The Bertz CT molecular complexity index is 990. The molecule has 56 heavy (non-hydrogen) atoms. The van der Waals surface area contributed by atoms with Gasteiger partial charge in [-0.1, -0.05) is 194 Å². The number of likely N-dealkylation sites (N-methyl/N-ethyl adjacent to an activating group) is 2. The van der Waals surface area contributed by atoms with Crippen LogP contribution in [0.4, 0.5) is 0 Å². The third kappa shape index (κ3) is 40.5. The molecule has 0 amide bonds. The van der Waals surface area contributed by atoms with Crippen LogP contribution in [0.1, 0.15) is 232 Å². The molecule has 0 radical (unpaired) electrons. The lowest BCUT2D eigenvalue weighted by molar-refractivity contribution is -0.964. The highest BCUT2D eigenvalue weighted by Gasteiger charge is 2.29. The monoisotopic (exact) mass is 837 g/mol. The molecule has 0 spiro atoms. The predicted octanol–water partition coefficient (Wildman–Crippen LogP) is 12.3. The summed E-state index contributed by atoms with van der Waals surface area (Å²) in [6.45, 7) is 9.43. The summed E-state index contributed by atoms with van der Waals surface area (Å²) in [6.07, 6.45) is 43.1. The Hall–Kier alpha value is -0.260. The normalized spacial score (nSPS) is 14.6. The summed E-state index contributed by atoms with van der Waals surface area (Å²) in [5.41, 5.74) is 0. The van der Waals surface area contributed by atoms with Gasteiger partial charge in [-0.3, -0.25) is 0 Å². The molecule has 8 nitrogen and oxygen atoms in total. The minimum atomic E-state index is -4.25. The van der Waals surface area contributed by atoms with Crippen molar-refractivity contribution >= 4 is 20.2 Å². The molecule has 0 aliphatic heterocycles. The molecule has 10 heteroatoms. The molecule has 0 saturated carbocycles. The van der Waals surface area contributed by atoms with Crippen molar-refractivity contribution in [3.8, 4) is 0 Å². The highest BCUT2D eigenvalue weighted by atomic mass is 32.2. The molecule has 0 bridgehead atoms. The topological polar surface area (TPSA) is 114 Å². The van der Waals surface area contributed by atoms with Crippen molar-refractivity contribution in [2.75, 3.05) is 64.9 Å². The maximum Gasteiger partial charge on any atom is 0.128 e. The van der Waals surface area contributed by atoms with Gasteiger partial charge in [0, 0.05) is 24.3 Å². The standard InChI is InChI=1S/C46H96N2O6S2/c1-5-7-9-11-13-15-17-19-21-23-25-27-29-31-33-35-39-47(3,41-37-45-55(49,50)51)43-44-48(4,42-38-46-56(52,53)54)40-36-34-32-30-28-26-24-22-20-18-16-14-12-10-8-6-2/h5-46H2,1-4H3. The molecule has 0 aromatic carbocycles. The summed E-state index contributed by atoms with van der Waals surface area (Å²) >= 11 is 0. The van der Waals surface area contributed by atoms with Gasteiger partial charge in [0.1, 0.15) is 13.1 Å². The molecule has 0 aliphatic rings. The number of hydrogen-bond donors (Lipinski definition) is 0. The van der Waals surface area contributed by atoms with Crippen molar-refractivity contribution in [1.82, 2.24) is 0 Å². The van der Waals surface area contributed by atoms with Crippen LogP contribution in [0.5, 0.6) is 0 Å². The minimum absolute atomic E-state index is 0.327. The van der Waals surface area contributed by atoms with E-state index in [-0.39, 0.29) is 11.5 Å². The highest BCUT2D eigenvalue weighted by Crippen LogP contribution is 2.19. The van der Waals surface area contributed by atoms with Gasteiger partial charge in [0.2, 0.25) is 0 Å². The second-order valence-electron chi connectivity index (χ2n) is 18.4. The Morgan fingerprint density at radius 2 is 0.464 bits per heavy atom. The van der Waals surface area contributed by atoms with Gasteiger partial charge < -0.3 is 18.1 Å². The van der Waals surface area contributed by atoms with Crippen LogP contribution in [0, 0.1) is 0 Å². The number of nitrogens with zero attached hydrogens (tertiary/aromatic N) is 2. The van der Waals surface area contributed by atoms with Gasteiger partial charge in [0.15, 0.2) is 0 Å². The van der Waals surface area contributed by atoms with Crippen molar-refractivity contribution in [2.45, 2.75) is 232 Å². The molecule has 2 unspecified atom stereocenters. The highest BCUT2D eigenvalue weighted by molar-refractivity contribution is 7.85. The summed E-state index contributed by atoms with van der Waals surface area (Å²) in [6, 6.07) is 0. The Morgan fingerprint density at radius 1 is 0.286 bits per heavy atom. The van der Waals surface area contributed by atoms with Crippen LogP contribution < -0.4 is 0 Å². The molecule has 0 N–H and O–H groups in total. The third-order valence-corrected chi connectivity index (χ3v) is 14.0. The van der Waals surface area contributed by atoms with Crippen molar-refractivity contribution in [1.29, 1.82) is 0 Å². The first-order chi connectivity index (χ1) is 26.7. The first-order valence-corrected chi connectivity index (χ1v) is 27.4. The van der Waals surface area contributed by atoms with Crippen LogP contribution in [-0.4, -0.2) is 99.8 Å². The van der Waals surface area contributed by atoms with Gasteiger partial charge >= 0.3 is 0 Å². The first-order valence-electron chi connectivity index (χ1n) is 24.3. The van der Waals surface area contributed by atoms with Gasteiger partial charge in [-0.05, 0) is 25.7 Å². The zero-order valence-electron chi connectivity index (χ0n) is 37.9. The van der Waals surface area contributed by atoms with E-state index in [0.717, 1.165) is 48.0 Å².